The van der Waals surface area contributed by atoms with Crippen molar-refractivity contribution in [2.75, 3.05) is 12.4 Å². The van der Waals surface area contributed by atoms with Crippen molar-refractivity contribution in [2.24, 2.45) is 11.3 Å². The Bertz CT molecular complexity index is 190. The number of alkyl halides is 1. The Morgan fingerprint density at radius 3 is 2.00 bits per heavy atom. The minimum atomic E-state index is 0.0727. The fraction of sp³-hybridized carbons (Fsp3) is 0.923. The molecule has 0 radical (unpaired) electrons. The molecule has 0 aromatic rings. The maximum atomic E-state index is 11.8. The van der Waals surface area contributed by atoms with Gasteiger partial charge in [0, 0.05) is 23.8 Å². The van der Waals surface area contributed by atoms with Crippen molar-refractivity contribution in [1.29, 1.82) is 0 Å². The number of hydrogen-bond acceptors (Lipinski definition) is 1. The zero-order valence-corrected chi connectivity index (χ0v) is 11.9. The molecule has 0 rings (SSSR count). The normalized spacial score (nSPS) is 11.9. The predicted octanol–water partition coefficient (Wildman–Crippen LogP) is 3.58. The molecule has 16 heavy (non-hydrogen) atoms. The highest BCUT2D eigenvalue weighted by Crippen LogP contribution is 2.27. The lowest BCUT2D eigenvalue weighted by atomic mass is 9.84. The van der Waals surface area contributed by atoms with Crippen LogP contribution in [0.2, 0.25) is 0 Å². The van der Waals surface area contributed by atoms with Gasteiger partial charge >= 0.3 is 0 Å². The molecule has 0 unspecified atom stereocenters. The van der Waals surface area contributed by atoms with E-state index in [0.29, 0.717) is 12.4 Å². The smallest absolute Gasteiger partial charge is 0.223 e. The highest BCUT2D eigenvalue weighted by molar-refractivity contribution is 6.18. The summed E-state index contributed by atoms with van der Waals surface area (Å²) in [4.78, 5) is 11.8. The quantitative estimate of drug-likeness (QED) is 0.653. The van der Waals surface area contributed by atoms with Crippen LogP contribution in [-0.4, -0.2) is 18.3 Å². The number of carbonyl (C=O) groups is 1. The van der Waals surface area contributed by atoms with Crippen molar-refractivity contribution >= 4 is 17.5 Å². The zero-order chi connectivity index (χ0) is 12.6. The molecule has 0 saturated carbocycles. The van der Waals surface area contributed by atoms with E-state index >= 15 is 0 Å². The summed E-state index contributed by atoms with van der Waals surface area (Å²) in [6.07, 6.45) is 3.84. The van der Waals surface area contributed by atoms with Gasteiger partial charge in [0.15, 0.2) is 0 Å². The topological polar surface area (TPSA) is 29.1 Å². The summed E-state index contributed by atoms with van der Waals surface area (Å²) in [6, 6.07) is 0. The molecule has 0 aromatic heterocycles. The van der Waals surface area contributed by atoms with Gasteiger partial charge in [-0.05, 0) is 25.7 Å². The second kappa shape index (κ2) is 7.94. The number of hydrogen-bond donors (Lipinski definition) is 1. The van der Waals surface area contributed by atoms with Crippen molar-refractivity contribution < 1.29 is 4.79 Å². The van der Waals surface area contributed by atoms with Gasteiger partial charge in [-0.1, -0.05) is 27.7 Å². The van der Waals surface area contributed by atoms with E-state index in [1.54, 1.807) is 0 Å². The average Bonchev–Trinajstić information content (AvgIpc) is 2.33. The molecular weight excluding hydrogens is 222 g/mol. The number of carbonyl (C=O) groups excluding carboxylic acids is 1. The first kappa shape index (κ1) is 15.8. The molecule has 0 aliphatic heterocycles. The van der Waals surface area contributed by atoms with Gasteiger partial charge in [0.25, 0.3) is 0 Å². The van der Waals surface area contributed by atoms with Crippen molar-refractivity contribution in [3.05, 3.63) is 0 Å². The van der Waals surface area contributed by atoms with Crippen LogP contribution in [-0.2, 0) is 4.79 Å². The second-order valence-electron chi connectivity index (χ2n) is 4.57. The molecule has 0 fully saturated rings. The third-order valence-electron chi connectivity index (χ3n) is 3.78. The lowest BCUT2D eigenvalue weighted by Gasteiger charge is -2.30. The van der Waals surface area contributed by atoms with E-state index < -0.39 is 0 Å². The van der Waals surface area contributed by atoms with Crippen LogP contribution in [0.4, 0.5) is 0 Å². The van der Waals surface area contributed by atoms with E-state index in [2.05, 4.69) is 33.0 Å². The van der Waals surface area contributed by atoms with Gasteiger partial charge in [0.1, 0.15) is 0 Å². The lowest BCUT2D eigenvalue weighted by molar-refractivity contribution is -0.125. The molecule has 0 aromatic carbocycles. The Hall–Kier alpha value is -0.240. The van der Waals surface area contributed by atoms with E-state index in [-0.39, 0.29) is 17.2 Å². The predicted molar refractivity (Wildman–Crippen MR) is 70.8 cm³/mol. The van der Waals surface area contributed by atoms with Crippen LogP contribution in [0, 0.1) is 11.3 Å². The monoisotopic (exact) mass is 247 g/mol. The molecule has 0 aliphatic carbocycles. The van der Waals surface area contributed by atoms with Gasteiger partial charge in [0.05, 0.1) is 0 Å². The minimum Gasteiger partial charge on any atom is -0.355 e. The van der Waals surface area contributed by atoms with Gasteiger partial charge in [-0.3, -0.25) is 4.79 Å². The first-order valence-corrected chi connectivity index (χ1v) is 6.96. The number of halogens is 1. The summed E-state index contributed by atoms with van der Waals surface area (Å²) in [5, 5.41) is 3.05. The summed E-state index contributed by atoms with van der Waals surface area (Å²) in [5.74, 6) is 0.951. The SMILES string of the molecule is CCC(CC)C(=O)NCC(CC)(CC)CCl. The molecule has 1 N–H and O–H groups in total. The highest BCUT2D eigenvalue weighted by Gasteiger charge is 2.26. The Labute approximate surface area is 105 Å². The van der Waals surface area contributed by atoms with E-state index in [4.69, 9.17) is 11.6 Å². The van der Waals surface area contributed by atoms with Crippen LogP contribution >= 0.6 is 11.6 Å². The standard InChI is InChI=1S/C13H26ClNO/c1-5-11(6-2)12(16)15-10-13(7-3,8-4)9-14/h11H,5-10H2,1-4H3,(H,15,16). The molecule has 0 atom stereocenters. The largest absolute Gasteiger partial charge is 0.355 e. The summed E-state index contributed by atoms with van der Waals surface area (Å²) < 4.78 is 0. The van der Waals surface area contributed by atoms with Crippen molar-refractivity contribution in [2.45, 2.75) is 53.4 Å². The van der Waals surface area contributed by atoms with Crippen molar-refractivity contribution in [1.82, 2.24) is 5.32 Å². The van der Waals surface area contributed by atoms with Gasteiger partial charge < -0.3 is 5.32 Å². The minimum absolute atomic E-state index is 0.0727. The Morgan fingerprint density at radius 2 is 1.69 bits per heavy atom. The third-order valence-corrected chi connectivity index (χ3v) is 4.34. The summed E-state index contributed by atoms with van der Waals surface area (Å²) in [5.41, 5.74) is 0.0727. The summed E-state index contributed by atoms with van der Waals surface area (Å²) in [7, 11) is 0. The number of rotatable bonds is 8. The van der Waals surface area contributed by atoms with Crippen molar-refractivity contribution in [3.8, 4) is 0 Å². The van der Waals surface area contributed by atoms with Gasteiger partial charge in [-0.2, -0.15) is 0 Å². The molecular formula is C13H26ClNO. The second-order valence-corrected chi connectivity index (χ2v) is 4.84. The molecule has 0 saturated heterocycles. The molecule has 0 bridgehead atoms. The molecule has 0 heterocycles. The van der Waals surface area contributed by atoms with E-state index in [1.165, 1.54) is 0 Å². The number of nitrogens with one attached hydrogen (secondary N) is 1. The Kier molecular flexibility index (Phi) is 7.82. The zero-order valence-electron chi connectivity index (χ0n) is 11.1. The van der Waals surface area contributed by atoms with Gasteiger partial charge in [-0.15, -0.1) is 11.6 Å². The van der Waals surface area contributed by atoms with Crippen LogP contribution in [0.25, 0.3) is 0 Å². The average molecular weight is 248 g/mol. The molecule has 2 nitrogen and oxygen atoms in total. The molecule has 1 amide bonds. The van der Waals surface area contributed by atoms with Crippen LogP contribution in [0.1, 0.15) is 53.4 Å². The van der Waals surface area contributed by atoms with Gasteiger partial charge in [0.2, 0.25) is 5.91 Å². The van der Waals surface area contributed by atoms with E-state index in [0.717, 1.165) is 25.7 Å². The van der Waals surface area contributed by atoms with E-state index in [1.807, 2.05) is 0 Å². The fourth-order valence-electron chi connectivity index (χ4n) is 1.81. The van der Waals surface area contributed by atoms with Crippen molar-refractivity contribution in [3.63, 3.8) is 0 Å². The van der Waals surface area contributed by atoms with Crippen LogP contribution < -0.4 is 5.32 Å². The Balaban J connectivity index is 4.25. The lowest BCUT2D eigenvalue weighted by Crippen LogP contribution is -2.40. The first-order chi connectivity index (χ1) is 7.59. The third kappa shape index (κ3) is 4.32. The Morgan fingerprint density at radius 1 is 1.19 bits per heavy atom. The van der Waals surface area contributed by atoms with Crippen LogP contribution in [0.5, 0.6) is 0 Å². The van der Waals surface area contributed by atoms with Gasteiger partial charge in [-0.25, -0.2) is 0 Å². The maximum absolute atomic E-state index is 11.8. The molecule has 0 aliphatic rings. The fourth-order valence-corrected chi connectivity index (χ4v) is 2.29. The molecule has 3 heteroatoms. The first-order valence-electron chi connectivity index (χ1n) is 6.42. The highest BCUT2D eigenvalue weighted by atomic mass is 35.5. The molecule has 0 spiro atoms. The summed E-state index contributed by atoms with van der Waals surface area (Å²) in [6.45, 7) is 9.09. The van der Waals surface area contributed by atoms with E-state index in [9.17, 15) is 4.79 Å². The maximum Gasteiger partial charge on any atom is 0.223 e. The van der Waals surface area contributed by atoms with Crippen LogP contribution in [0.3, 0.4) is 0 Å². The summed E-state index contributed by atoms with van der Waals surface area (Å²) >= 11 is 6.00. The molecule has 96 valence electrons. The van der Waals surface area contributed by atoms with Crippen LogP contribution in [0.15, 0.2) is 0 Å². The number of amides is 1.